The molecule has 0 bridgehead atoms. The molecule has 0 amide bonds. The van der Waals surface area contributed by atoms with Crippen molar-refractivity contribution in [2.75, 3.05) is 0 Å². The summed E-state index contributed by atoms with van der Waals surface area (Å²) in [6.07, 6.45) is -3.55. The highest BCUT2D eigenvalue weighted by molar-refractivity contribution is 5.16. The molecule has 0 unspecified atom stereocenters. The number of alkyl halides is 3. The van der Waals surface area contributed by atoms with E-state index in [0.29, 0.717) is 5.69 Å². The number of nitrogens with zero attached hydrogens (tertiary/aromatic N) is 1. The van der Waals surface area contributed by atoms with Crippen molar-refractivity contribution in [2.45, 2.75) is 12.7 Å². The highest BCUT2D eigenvalue weighted by atomic mass is 19.4. The molecule has 1 rings (SSSR count). The van der Waals surface area contributed by atoms with Crippen LogP contribution in [-0.2, 0) is 12.7 Å². The van der Waals surface area contributed by atoms with Crippen LogP contribution in [0, 0.1) is 0 Å². The van der Waals surface area contributed by atoms with Crippen LogP contribution in [0.1, 0.15) is 11.3 Å². The predicted octanol–water partition coefficient (Wildman–Crippen LogP) is 1.06. The molecule has 0 aliphatic rings. The van der Waals surface area contributed by atoms with Gasteiger partial charge in [0, 0.05) is 6.20 Å². The molecule has 13 heavy (non-hydrogen) atoms. The molecule has 0 saturated heterocycles. The summed E-state index contributed by atoms with van der Waals surface area (Å²) in [5, 5.41) is 0. The summed E-state index contributed by atoms with van der Waals surface area (Å²) in [6, 6.07) is 2.25. The molecule has 1 aromatic rings. The molecule has 0 aromatic carbocycles. The van der Waals surface area contributed by atoms with Gasteiger partial charge in [0.2, 0.25) is 0 Å². The maximum Gasteiger partial charge on any atom is 0.417 e. The molecule has 72 valence electrons. The van der Waals surface area contributed by atoms with Crippen LogP contribution >= 0.6 is 0 Å². The van der Waals surface area contributed by atoms with Gasteiger partial charge in [-0.3, -0.25) is 16.3 Å². The molecule has 0 radical (unpaired) electrons. The van der Waals surface area contributed by atoms with E-state index in [1.165, 1.54) is 6.07 Å². The van der Waals surface area contributed by atoms with E-state index in [1.807, 2.05) is 0 Å². The Bertz CT molecular complexity index is 267. The third kappa shape index (κ3) is 2.67. The minimum absolute atomic E-state index is 0.248. The number of halogens is 3. The zero-order valence-corrected chi connectivity index (χ0v) is 6.60. The second kappa shape index (κ2) is 3.71. The van der Waals surface area contributed by atoms with Gasteiger partial charge in [-0.2, -0.15) is 13.2 Å². The first kappa shape index (κ1) is 9.94. The summed E-state index contributed by atoms with van der Waals surface area (Å²) in [4.78, 5) is 3.57. The van der Waals surface area contributed by atoms with Crippen LogP contribution in [-0.4, -0.2) is 4.98 Å². The van der Waals surface area contributed by atoms with Crippen LogP contribution < -0.4 is 11.3 Å². The van der Waals surface area contributed by atoms with Crippen LogP contribution in [0.4, 0.5) is 13.2 Å². The SMILES string of the molecule is NNCc1ccc(C(F)(F)F)cn1. The van der Waals surface area contributed by atoms with Crippen LogP contribution in [0.25, 0.3) is 0 Å². The van der Waals surface area contributed by atoms with Gasteiger partial charge in [0.05, 0.1) is 17.8 Å². The minimum Gasteiger partial charge on any atom is -0.271 e. The first-order valence-corrected chi connectivity index (χ1v) is 3.49. The first-order valence-electron chi connectivity index (χ1n) is 3.49. The molecular weight excluding hydrogens is 183 g/mol. The summed E-state index contributed by atoms with van der Waals surface area (Å²) in [7, 11) is 0. The van der Waals surface area contributed by atoms with Gasteiger partial charge < -0.3 is 0 Å². The number of hydrazine groups is 1. The van der Waals surface area contributed by atoms with Gasteiger partial charge in [0.25, 0.3) is 0 Å². The zero-order valence-electron chi connectivity index (χ0n) is 6.60. The Morgan fingerprint density at radius 2 is 2.08 bits per heavy atom. The molecule has 0 aliphatic carbocycles. The van der Waals surface area contributed by atoms with Crippen molar-refractivity contribution in [3.63, 3.8) is 0 Å². The monoisotopic (exact) mass is 191 g/mol. The Hall–Kier alpha value is -1.14. The van der Waals surface area contributed by atoms with Crippen molar-refractivity contribution < 1.29 is 13.2 Å². The molecule has 0 aliphatic heterocycles. The van der Waals surface area contributed by atoms with Crippen LogP contribution in [0.15, 0.2) is 18.3 Å². The van der Waals surface area contributed by atoms with Crippen molar-refractivity contribution in [1.82, 2.24) is 10.4 Å². The van der Waals surface area contributed by atoms with Crippen LogP contribution in [0.2, 0.25) is 0 Å². The van der Waals surface area contributed by atoms with E-state index in [0.717, 1.165) is 12.3 Å². The standard InChI is InChI=1S/C7H8F3N3/c8-7(9,10)5-1-2-6(4-13-11)12-3-5/h1-3,13H,4,11H2. The third-order valence-corrected chi connectivity index (χ3v) is 1.44. The van der Waals surface area contributed by atoms with E-state index in [9.17, 15) is 13.2 Å². The molecule has 1 heterocycles. The van der Waals surface area contributed by atoms with Crippen molar-refractivity contribution in [1.29, 1.82) is 0 Å². The average Bonchev–Trinajstić information content (AvgIpc) is 2.04. The van der Waals surface area contributed by atoms with Gasteiger partial charge in [-0.1, -0.05) is 0 Å². The molecule has 0 fully saturated rings. The van der Waals surface area contributed by atoms with Crippen molar-refractivity contribution in [3.05, 3.63) is 29.6 Å². The highest BCUT2D eigenvalue weighted by Crippen LogP contribution is 2.28. The molecule has 0 spiro atoms. The van der Waals surface area contributed by atoms with Gasteiger partial charge >= 0.3 is 6.18 Å². The predicted molar refractivity (Wildman–Crippen MR) is 40.3 cm³/mol. The van der Waals surface area contributed by atoms with E-state index in [4.69, 9.17) is 5.84 Å². The molecule has 6 heteroatoms. The second-order valence-corrected chi connectivity index (χ2v) is 2.42. The first-order chi connectivity index (χ1) is 6.04. The lowest BCUT2D eigenvalue weighted by atomic mass is 10.2. The Morgan fingerprint density at radius 1 is 1.38 bits per heavy atom. The number of nitrogens with two attached hydrogens (primary N) is 1. The van der Waals surface area contributed by atoms with E-state index < -0.39 is 11.7 Å². The molecule has 1 aromatic heterocycles. The number of pyridine rings is 1. The Morgan fingerprint density at radius 3 is 2.46 bits per heavy atom. The lowest BCUT2D eigenvalue weighted by Gasteiger charge is -2.06. The normalized spacial score (nSPS) is 11.7. The van der Waals surface area contributed by atoms with E-state index in [-0.39, 0.29) is 6.54 Å². The van der Waals surface area contributed by atoms with Crippen molar-refractivity contribution >= 4 is 0 Å². The maximum atomic E-state index is 12.0. The smallest absolute Gasteiger partial charge is 0.271 e. The van der Waals surface area contributed by atoms with Crippen molar-refractivity contribution in [3.8, 4) is 0 Å². The van der Waals surface area contributed by atoms with E-state index >= 15 is 0 Å². The van der Waals surface area contributed by atoms with Gasteiger partial charge in [0.15, 0.2) is 0 Å². The number of nitrogens with one attached hydrogen (secondary N) is 1. The largest absolute Gasteiger partial charge is 0.417 e. The summed E-state index contributed by atoms with van der Waals surface area (Å²) in [6.45, 7) is 0.248. The fourth-order valence-corrected chi connectivity index (χ4v) is 0.801. The van der Waals surface area contributed by atoms with Gasteiger partial charge in [-0.05, 0) is 12.1 Å². The topological polar surface area (TPSA) is 50.9 Å². The number of aromatic nitrogens is 1. The lowest BCUT2D eigenvalue weighted by molar-refractivity contribution is -0.137. The van der Waals surface area contributed by atoms with Gasteiger partial charge in [0.1, 0.15) is 0 Å². The molecular formula is C7H8F3N3. The molecule has 3 nitrogen and oxygen atoms in total. The Kier molecular flexibility index (Phi) is 2.84. The summed E-state index contributed by atoms with van der Waals surface area (Å²) >= 11 is 0. The minimum atomic E-state index is -4.33. The maximum absolute atomic E-state index is 12.0. The third-order valence-electron chi connectivity index (χ3n) is 1.44. The Balaban J connectivity index is 2.81. The fourth-order valence-electron chi connectivity index (χ4n) is 0.801. The Labute approximate surface area is 72.7 Å². The van der Waals surface area contributed by atoms with Crippen LogP contribution in [0.3, 0.4) is 0 Å². The zero-order chi connectivity index (χ0) is 9.90. The summed E-state index contributed by atoms with van der Waals surface area (Å²) in [5.74, 6) is 4.97. The van der Waals surface area contributed by atoms with Gasteiger partial charge in [-0.15, -0.1) is 0 Å². The summed E-state index contributed by atoms with van der Waals surface area (Å²) in [5.41, 5.74) is 2.01. The van der Waals surface area contributed by atoms with Crippen LogP contribution in [0.5, 0.6) is 0 Å². The van der Waals surface area contributed by atoms with E-state index in [1.54, 1.807) is 0 Å². The quantitative estimate of drug-likeness (QED) is 0.543. The number of hydrogen-bond donors (Lipinski definition) is 2. The molecule has 0 saturated carbocycles. The average molecular weight is 191 g/mol. The molecule has 0 atom stereocenters. The van der Waals surface area contributed by atoms with Crippen molar-refractivity contribution in [2.24, 2.45) is 5.84 Å². The second-order valence-electron chi connectivity index (χ2n) is 2.42. The van der Waals surface area contributed by atoms with Gasteiger partial charge in [-0.25, -0.2) is 0 Å². The molecule has 3 N–H and O–H groups in total. The number of hydrogen-bond acceptors (Lipinski definition) is 3. The summed E-state index contributed by atoms with van der Waals surface area (Å²) < 4.78 is 36.1. The number of rotatable bonds is 2. The fraction of sp³-hybridized carbons (Fsp3) is 0.286. The van der Waals surface area contributed by atoms with E-state index in [2.05, 4.69) is 10.4 Å². The highest BCUT2D eigenvalue weighted by Gasteiger charge is 2.30. The lowest BCUT2D eigenvalue weighted by Crippen LogP contribution is -2.21.